The summed E-state index contributed by atoms with van der Waals surface area (Å²) in [4.78, 5) is 10.9. The van der Waals surface area contributed by atoms with Crippen molar-refractivity contribution in [2.24, 2.45) is 5.84 Å². The van der Waals surface area contributed by atoms with Gasteiger partial charge in [-0.25, -0.2) is 5.84 Å². The summed E-state index contributed by atoms with van der Waals surface area (Å²) in [6.45, 7) is 1.80. The molecule has 1 aliphatic carbocycles. The number of allylic oxidation sites excluding steroid dienone is 1. The van der Waals surface area contributed by atoms with Gasteiger partial charge in [0.1, 0.15) is 0 Å². The average Bonchev–Trinajstić information content (AvgIpc) is 2.68. The van der Waals surface area contributed by atoms with E-state index in [-0.39, 0.29) is 5.91 Å². The monoisotopic (exact) mass is 140 g/mol. The highest BCUT2D eigenvalue weighted by Gasteiger charge is 2.29. The van der Waals surface area contributed by atoms with Crippen LogP contribution in [0.25, 0.3) is 0 Å². The molecule has 1 saturated carbocycles. The number of nitrogens with zero attached hydrogens (tertiary/aromatic N) is 1. The van der Waals surface area contributed by atoms with Gasteiger partial charge < -0.3 is 0 Å². The van der Waals surface area contributed by atoms with Gasteiger partial charge in [0, 0.05) is 12.1 Å². The second kappa shape index (κ2) is 2.84. The Labute approximate surface area is 60.5 Å². The molecular weight excluding hydrogens is 128 g/mol. The van der Waals surface area contributed by atoms with Crippen LogP contribution in [0.15, 0.2) is 12.2 Å². The molecule has 0 unspecified atom stereocenters. The highest BCUT2D eigenvalue weighted by molar-refractivity contribution is 5.87. The summed E-state index contributed by atoms with van der Waals surface area (Å²) in [5.41, 5.74) is 0. The van der Waals surface area contributed by atoms with Crippen LogP contribution >= 0.6 is 0 Å². The summed E-state index contributed by atoms with van der Waals surface area (Å²) >= 11 is 0. The lowest BCUT2D eigenvalue weighted by molar-refractivity contribution is -0.126. The molecule has 1 aliphatic rings. The van der Waals surface area contributed by atoms with Gasteiger partial charge in [-0.05, 0) is 19.8 Å². The quantitative estimate of drug-likeness (QED) is 0.261. The molecule has 56 valence electrons. The van der Waals surface area contributed by atoms with Crippen LogP contribution in [0, 0.1) is 0 Å². The van der Waals surface area contributed by atoms with Gasteiger partial charge >= 0.3 is 0 Å². The molecule has 3 heteroatoms. The first-order valence-corrected chi connectivity index (χ1v) is 3.46. The number of hydrogen-bond acceptors (Lipinski definition) is 2. The highest BCUT2D eigenvalue weighted by atomic mass is 16.2. The standard InChI is InChI=1S/C7H12N2O/c1-2-3-7(10)9(8)6-4-5-6/h2-3,6H,4-5,8H2,1H3/b3-2+. The van der Waals surface area contributed by atoms with Gasteiger partial charge in [0.15, 0.2) is 0 Å². The molecule has 2 N–H and O–H groups in total. The van der Waals surface area contributed by atoms with Crippen molar-refractivity contribution >= 4 is 5.91 Å². The highest BCUT2D eigenvalue weighted by Crippen LogP contribution is 2.24. The van der Waals surface area contributed by atoms with Crippen LogP contribution in [0.2, 0.25) is 0 Å². The Hall–Kier alpha value is -0.830. The second-order valence-electron chi connectivity index (χ2n) is 2.48. The zero-order valence-corrected chi connectivity index (χ0v) is 6.08. The molecule has 0 aromatic carbocycles. The SMILES string of the molecule is C/C=C/C(=O)N(N)C1CC1. The summed E-state index contributed by atoms with van der Waals surface area (Å²) in [5.74, 6) is 5.35. The molecule has 10 heavy (non-hydrogen) atoms. The minimum Gasteiger partial charge on any atom is -0.274 e. The Morgan fingerprint density at radius 3 is 2.70 bits per heavy atom. The first-order valence-electron chi connectivity index (χ1n) is 3.46. The van der Waals surface area contributed by atoms with Gasteiger partial charge in [0.2, 0.25) is 0 Å². The summed E-state index contributed by atoms with van der Waals surface area (Å²) in [6.07, 6.45) is 5.29. The largest absolute Gasteiger partial charge is 0.274 e. The molecular formula is C7H12N2O. The van der Waals surface area contributed by atoms with E-state index in [4.69, 9.17) is 5.84 Å². The maximum Gasteiger partial charge on any atom is 0.260 e. The second-order valence-corrected chi connectivity index (χ2v) is 2.48. The molecule has 0 saturated heterocycles. The normalized spacial score (nSPS) is 17.8. The third-order valence-corrected chi connectivity index (χ3v) is 1.50. The van der Waals surface area contributed by atoms with Gasteiger partial charge in [0.25, 0.3) is 5.91 Å². The fourth-order valence-corrected chi connectivity index (χ4v) is 0.761. The predicted molar refractivity (Wildman–Crippen MR) is 38.9 cm³/mol. The van der Waals surface area contributed by atoms with Crippen molar-refractivity contribution < 1.29 is 4.79 Å². The minimum absolute atomic E-state index is 0.0926. The molecule has 0 aromatic rings. The van der Waals surface area contributed by atoms with Crippen molar-refractivity contribution in [3.05, 3.63) is 12.2 Å². The van der Waals surface area contributed by atoms with Gasteiger partial charge in [-0.1, -0.05) is 6.08 Å². The molecule has 0 atom stereocenters. The van der Waals surface area contributed by atoms with E-state index in [1.54, 1.807) is 13.0 Å². The fraction of sp³-hybridized carbons (Fsp3) is 0.571. The van der Waals surface area contributed by atoms with E-state index in [0.717, 1.165) is 12.8 Å². The summed E-state index contributed by atoms with van der Waals surface area (Å²) < 4.78 is 0. The van der Waals surface area contributed by atoms with Crippen LogP contribution in [-0.4, -0.2) is 17.0 Å². The Bertz CT molecular complexity index is 161. The van der Waals surface area contributed by atoms with Crippen molar-refractivity contribution in [1.82, 2.24) is 5.01 Å². The number of carbonyl (C=O) groups excluding carboxylic acids is 1. The van der Waals surface area contributed by atoms with E-state index in [1.165, 1.54) is 11.1 Å². The molecule has 0 heterocycles. The number of hydrogen-bond donors (Lipinski definition) is 1. The molecule has 0 aromatic heterocycles. The fourth-order valence-electron chi connectivity index (χ4n) is 0.761. The maximum absolute atomic E-state index is 10.9. The van der Waals surface area contributed by atoms with Crippen LogP contribution < -0.4 is 5.84 Å². The van der Waals surface area contributed by atoms with Crippen LogP contribution in [0.5, 0.6) is 0 Å². The number of nitrogens with two attached hydrogens (primary N) is 1. The molecule has 0 bridgehead atoms. The van der Waals surface area contributed by atoms with Gasteiger partial charge in [-0.15, -0.1) is 0 Å². The Balaban J connectivity index is 2.38. The number of amides is 1. The number of rotatable bonds is 2. The van der Waals surface area contributed by atoms with E-state index < -0.39 is 0 Å². The van der Waals surface area contributed by atoms with Crippen molar-refractivity contribution in [2.75, 3.05) is 0 Å². The van der Waals surface area contributed by atoms with Crippen LogP contribution in [0.4, 0.5) is 0 Å². The molecule has 0 radical (unpaired) electrons. The van der Waals surface area contributed by atoms with Crippen molar-refractivity contribution in [1.29, 1.82) is 0 Å². The third-order valence-electron chi connectivity index (χ3n) is 1.50. The van der Waals surface area contributed by atoms with Crippen molar-refractivity contribution in [3.63, 3.8) is 0 Å². The third kappa shape index (κ3) is 1.57. The van der Waals surface area contributed by atoms with E-state index in [1.807, 2.05) is 0 Å². The minimum atomic E-state index is -0.0926. The Morgan fingerprint density at radius 1 is 1.70 bits per heavy atom. The smallest absolute Gasteiger partial charge is 0.260 e. The first-order chi connectivity index (χ1) is 4.75. The number of hydrazine groups is 1. The molecule has 0 spiro atoms. The molecule has 1 rings (SSSR count). The van der Waals surface area contributed by atoms with Gasteiger partial charge in [-0.3, -0.25) is 9.80 Å². The molecule has 3 nitrogen and oxygen atoms in total. The van der Waals surface area contributed by atoms with Crippen LogP contribution in [-0.2, 0) is 4.79 Å². The Morgan fingerprint density at radius 2 is 2.30 bits per heavy atom. The Kier molecular flexibility index (Phi) is 2.06. The van der Waals surface area contributed by atoms with Crippen LogP contribution in [0.1, 0.15) is 19.8 Å². The molecule has 0 aliphatic heterocycles. The maximum atomic E-state index is 10.9. The molecule has 1 fully saturated rings. The molecule has 1 amide bonds. The van der Waals surface area contributed by atoms with E-state index in [0.29, 0.717) is 6.04 Å². The lowest BCUT2D eigenvalue weighted by atomic mass is 10.4. The first kappa shape index (κ1) is 7.28. The van der Waals surface area contributed by atoms with Crippen molar-refractivity contribution in [3.8, 4) is 0 Å². The van der Waals surface area contributed by atoms with Gasteiger partial charge in [0.05, 0.1) is 0 Å². The average molecular weight is 140 g/mol. The lowest BCUT2D eigenvalue weighted by Crippen LogP contribution is -2.37. The van der Waals surface area contributed by atoms with E-state index >= 15 is 0 Å². The zero-order chi connectivity index (χ0) is 7.56. The topological polar surface area (TPSA) is 46.3 Å². The zero-order valence-electron chi connectivity index (χ0n) is 6.08. The van der Waals surface area contributed by atoms with Crippen LogP contribution in [0.3, 0.4) is 0 Å². The summed E-state index contributed by atoms with van der Waals surface area (Å²) in [7, 11) is 0. The summed E-state index contributed by atoms with van der Waals surface area (Å²) in [6, 6.07) is 0.309. The number of carbonyl (C=O) groups is 1. The van der Waals surface area contributed by atoms with Gasteiger partial charge in [-0.2, -0.15) is 0 Å². The van der Waals surface area contributed by atoms with E-state index in [2.05, 4.69) is 0 Å². The predicted octanol–water partition coefficient (Wildman–Crippen LogP) is 0.427. The van der Waals surface area contributed by atoms with Crippen molar-refractivity contribution in [2.45, 2.75) is 25.8 Å². The lowest BCUT2D eigenvalue weighted by Gasteiger charge is -2.11. The summed E-state index contributed by atoms with van der Waals surface area (Å²) in [5, 5.41) is 1.31. The van der Waals surface area contributed by atoms with E-state index in [9.17, 15) is 4.79 Å².